The van der Waals surface area contributed by atoms with E-state index >= 15 is 0 Å². The van der Waals surface area contributed by atoms with Gasteiger partial charge in [-0.05, 0) is 139 Å². The van der Waals surface area contributed by atoms with Crippen molar-refractivity contribution in [1.29, 1.82) is 0 Å². The van der Waals surface area contributed by atoms with Gasteiger partial charge >= 0.3 is 11.9 Å². The third-order valence-electron chi connectivity index (χ3n) is 10.7. The van der Waals surface area contributed by atoms with Crippen molar-refractivity contribution in [2.45, 2.75) is 156 Å². The average Bonchev–Trinajstić information content (AvgIpc) is 3.23. The Bertz CT molecular complexity index is 1750. The molecule has 0 heterocycles. The fourth-order valence-corrected chi connectivity index (χ4v) is 6.81. The summed E-state index contributed by atoms with van der Waals surface area (Å²) in [7, 11) is 0. The van der Waals surface area contributed by atoms with E-state index in [9.17, 15) is 19.2 Å². The number of Topliss-reactive ketones (excluding diaryl/α,β-unsaturated/α-hetero) is 2. The molecule has 3 rings (SSSR count). The molecule has 0 bridgehead atoms. The van der Waals surface area contributed by atoms with Crippen molar-refractivity contribution in [2.75, 3.05) is 26.4 Å². The van der Waals surface area contributed by atoms with Gasteiger partial charge in [-0.25, -0.2) is 9.59 Å². The van der Waals surface area contributed by atoms with Crippen LogP contribution < -0.4 is 14.2 Å². The van der Waals surface area contributed by atoms with Crippen molar-refractivity contribution in [3.63, 3.8) is 0 Å². The third-order valence-corrected chi connectivity index (χ3v) is 10.7. The van der Waals surface area contributed by atoms with Crippen LogP contribution in [0.25, 0.3) is 0 Å². The number of ketones is 2. The van der Waals surface area contributed by atoms with Gasteiger partial charge in [0.1, 0.15) is 28.5 Å². The molecule has 10 heteroatoms. The Labute approximate surface area is 365 Å². The number of hydrogen-bond donors (Lipinski definition) is 0. The van der Waals surface area contributed by atoms with Crippen LogP contribution in [0.1, 0.15) is 155 Å². The Morgan fingerprint density at radius 1 is 0.607 bits per heavy atom. The summed E-state index contributed by atoms with van der Waals surface area (Å²) in [4.78, 5) is 50.6. The lowest BCUT2D eigenvalue weighted by molar-refractivity contribution is -0.140. The van der Waals surface area contributed by atoms with Crippen LogP contribution in [0.2, 0.25) is 0 Å². The van der Waals surface area contributed by atoms with E-state index in [0.29, 0.717) is 67.5 Å². The van der Waals surface area contributed by atoms with E-state index in [1.807, 2.05) is 26.8 Å². The number of rotatable bonds is 31. The van der Waals surface area contributed by atoms with Crippen molar-refractivity contribution < 1.29 is 47.6 Å². The Morgan fingerprint density at radius 3 is 1.67 bits per heavy atom. The number of ether oxygens (including phenoxy) is 6. The summed E-state index contributed by atoms with van der Waals surface area (Å²) in [5.74, 6) is 1.34. The molecule has 0 amide bonds. The maximum Gasteiger partial charge on any atom is 0.343 e. The van der Waals surface area contributed by atoms with Crippen LogP contribution in [0.5, 0.6) is 17.2 Å². The molecule has 1 unspecified atom stereocenters. The molecule has 0 aliphatic heterocycles. The van der Waals surface area contributed by atoms with Crippen molar-refractivity contribution in [1.82, 2.24) is 0 Å². The zero-order valence-corrected chi connectivity index (χ0v) is 38.1. The van der Waals surface area contributed by atoms with Gasteiger partial charge in [-0.1, -0.05) is 71.8 Å². The molecule has 2 aromatic carbocycles. The Balaban J connectivity index is 1.24. The van der Waals surface area contributed by atoms with E-state index < -0.39 is 23.1 Å². The predicted molar refractivity (Wildman–Crippen MR) is 240 cm³/mol. The summed E-state index contributed by atoms with van der Waals surface area (Å²) < 4.78 is 34.7. The first kappa shape index (κ1) is 50.8. The van der Waals surface area contributed by atoms with E-state index in [1.165, 1.54) is 12.8 Å². The standard InChI is InChI=1S/C51H72O10/c1-9-10-11-18-33-56-41-25-23-40(24-26-41)48(54)60-42-27-29-43(30-28-42)61-49(55)45-32-31-44(37-39(45)4)57-34-19-14-12-13-15-20-35-58-50(5,6)46(52)22-17-16-21-36-59-51(7,8)47(53)38(2)3/h23-32,39H,2,9-22,33-37H2,1,3-8H3. The van der Waals surface area contributed by atoms with Crippen LogP contribution in [0.4, 0.5) is 0 Å². The van der Waals surface area contributed by atoms with E-state index in [1.54, 1.807) is 75.4 Å². The summed E-state index contributed by atoms with van der Waals surface area (Å²) in [6.07, 6.45) is 17.8. The fraction of sp³-hybridized carbons (Fsp3) is 0.569. The van der Waals surface area contributed by atoms with Crippen LogP contribution in [-0.4, -0.2) is 61.1 Å². The molecule has 0 radical (unpaired) electrons. The summed E-state index contributed by atoms with van der Waals surface area (Å²) >= 11 is 0. The van der Waals surface area contributed by atoms with Crippen LogP contribution in [-0.2, 0) is 28.6 Å². The molecule has 1 aliphatic carbocycles. The minimum absolute atomic E-state index is 0.0584. The number of carbonyl (C=O) groups is 4. The van der Waals surface area contributed by atoms with Crippen molar-refractivity contribution >= 4 is 23.5 Å². The smallest absolute Gasteiger partial charge is 0.343 e. The highest BCUT2D eigenvalue weighted by atomic mass is 16.5. The van der Waals surface area contributed by atoms with Crippen LogP contribution >= 0.6 is 0 Å². The lowest BCUT2D eigenvalue weighted by Gasteiger charge is -2.24. The predicted octanol–water partition coefficient (Wildman–Crippen LogP) is 11.8. The monoisotopic (exact) mass is 845 g/mol. The lowest BCUT2D eigenvalue weighted by atomic mass is 9.92. The Kier molecular flexibility index (Phi) is 22.3. The van der Waals surface area contributed by atoms with Crippen molar-refractivity contribution in [3.05, 3.63) is 89.7 Å². The molecular formula is C51H72O10. The number of esters is 2. The van der Waals surface area contributed by atoms with Gasteiger partial charge in [0.05, 0.1) is 24.5 Å². The van der Waals surface area contributed by atoms with E-state index in [4.69, 9.17) is 28.4 Å². The fourth-order valence-electron chi connectivity index (χ4n) is 6.81. The number of benzene rings is 2. The van der Waals surface area contributed by atoms with Gasteiger partial charge < -0.3 is 28.4 Å². The third kappa shape index (κ3) is 18.9. The van der Waals surface area contributed by atoms with Gasteiger partial charge in [-0.2, -0.15) is 0 Å². The van der Waals surface area contributed by atoms with Gasteiger partial charge in [-0.15, -0.1) is 0 Å². The molecule has 336 valence electrons. The van der Waals surface area contributed by atoms with Gasteiger partial charge in [0.2, 0.25) is 0 Å². The zero-order chi connectivity index (χ0) is 44.7. The number of carbonyl (C=O) groups excluding carboxylic acids is 4. The minimum Gasteiger partial charge on any atom is -0.498 e. The first-order valence-electron chi connectivity index (χ1n) is 22.4. The van der Waals surface area contributed by atoms with Gasteiger partial charge in [-0.3, -0.25) is 9.59 Å². The largest absolute Gasteiger partial charge is 0.498 e. The van der Waals surface area contributed by atoms with Gasteiger partial charge in [0, 0.05) is 31.6 Å². The molecule has 1 aliphatic rings. The van der Waals surface area contributed by atoms with E-state index in [-0.39, 0.29) is 17.5 Å². The molecule has 0 N–H and O–H groups in total. The molecule has 0 spiro atoms. The topological polar surface area (TPSA) is 124 Å². The number of hydrogen-bond acceptors (Lipinski definition) is 10. The molecule has 0 aromatic heterocycles. The summed E-state index contributed by atoms with van der Waals surface area (Å²) in [6, 6.07) is 13.3. The summed E-state index contributed by atoms with van der Waals surface area (Å²) in [5.41, 5.74) is -0.191. The molecule has 0 saturated heterocycles. The van der Waals surface area contributed by atoms with Gasteiger partial charge in [0.25, 0.3) is 0 Å². The highest BCUT2D eigenvalue weighted by Crippen LogP contribution is 2.28. The van der Waals surface area contributed by atoms with Crippen LogP contribution in [0.3, 0.4) is 0 Å². The lowest BCUT2D eigenvalue weighted by Crippen LogP contribution is -2.36. The summed E-state index contributed by atoms with van der Waals surface area (Å²) in [6.45, 7) is 19.1. The first-order chi connectivity index (χ1) is 29.1. The molecule has 61 heavy (non-hydrogen) atoms. The van der Waals surface area contributed by atoms with E-state index in [0.717, 1.165) is 82.1 Å². The highest BCUT2D eigenvalue weighted by Gasteiger charge is 2.29. The van der Waals surface area contributed by atoms with Crippen molar-refractivity contribution in [3.8, 4) is 17.2 Å². The maximum atomic E-state index is 13.0. The van der Waals surface area contributed by atoms with Gasteiger partial charge in [0.15, 0.2) is 11.6 Å². The second kappa shape index (κ2) is 26.7. The molecule has 10 nitrogen and oxygen atoms in total. The summed E-state index contributed by atoms with van der Waals surface area (Å²) in [5, 5.41) is 0. The SMILES string of the molecule is C=C(C)C(=O)C(C)(C)OCCCCCC(=O)C(C)(C)OCCCCCCCCOC1=CC=C(C(=O)Oc2ccc(OC(=O)c3ccc(OCCCCCC)cc3)cc2)C(C)C1. The minimum atomic E-state index is -0.871. The zero-order valence-electron chi connectivity index (χ0n) is 38.1. The molecular weight excluding hydrogens is 773 g/mol. The normalized spacial score (nSPS) is 14.1. The highest BCUT2D eigenvalue weighted by molar-refractivity contribution is 6.00. The molecule has 0 fully saturated rings. The average molecular weight is 845 g/mol. The first-order valence-corrected chi connectivity index (χ1v) is 22.4. The quantitative estimate of drug-likeness (QED) is 0.0313. The maximum absolute atomic E-state index is 13.0. The second-order valence-electron chi connectivity index (χ2n) is 17.1. The Hall–Kier alpha value is -4.54. The second-order valence-corrected chi connectivity index (χ2v) is 17.1. The van der Waals surface area contributed by atoms with Crippen molar-refractivity contribution in [2.24, 2.45) is 5.92 Å². The molecule has 0 saturated carbocycles. The number of unbranched alkanes of at least 4 members (excludes halogenated alkanes) is 10. The molecule has 2 aromatic rings. The Morgan fingerprint density at radius 2 is 1.10 bits per heavy atom. The molecule has 1 atom stereocenters. The van der Waals surface area contributed by atoms with Crippen LogP contribution in [0, 0.1) is 5.92 Å². The van der Waals surface area contributed by atoms with E-state index in [2.05, 4.69) is 13.5 Å². The van der Waals surface area contributed by atoms with Crippen LogP contribution in [0.15, 0.2) is 84.2 Å². The number of allylic oxidation sites excluding steroid dienone is 3.